The molecule has 0 bridgehead atoms. The van der Waals surface area contributed by atoms with Gasteiger partial charge in [0.05, 0.1) is 5.52 Å². The number of furan rings is 1. The molecule has 0 saturated heterocycles. The summed E-state index contributed by atoms with van der Waals surface area (Å²) in [6, 6.07) is 12.9. The molecule has 94 valence electrons. The highest BCUT2D eigenvalue weighted by Crippen LogP contribution is 2.18. The number of fused-ring (bicyclic) bond motifs is 1. The normalized spacial score (nSPS) is 10.8. The van der Waals surface area contributed by atoms with Crippen molar-refractivity contribution >= 4 is 16.7 Å². The maximum atomic E-state index is 12.3. The number of benzene rings is 1. The van der Waals surface area contributed by atoms with Crippen molar-refractivity contribution in [1.29, 1.82) is 0 Å². The SMILES string of the molecule is CCc1ccc(C(=O)c2ccc3cccnc3c2)o1. The van der Waals surface area contributed by atoms with Crippen molar-refractivity contribution in [3.05, 3.63) is 65.7 Å². The highest BCUT2D eigenvalue weighted by Gasteiger charge is 2.13. The van der Waals surface area contributed by atoms with Crippen molar-refractivity contribution in [1.82, 2.24) is 4.98 Å². The van der Waals surface area contributed by atoms with Crippen LogP contribution in [0.1, 0.15) is 28.8 Å². The highest BCUT2D eigenvalue weighted by atomic mass is 16.3. The van der Waals surface area contributed by atoms with Gasteiger partial charge in [0.2, 0.25) is 5.78 Å². The number of hydrogen-bond acceptors (Lipinski definition) is 3. The lowest BCUT2D eigenvalue weighted by atomic mass is 10.1. The van der Waals surface area contributed by atoms with Gasteiger partial charge in [0.15, 0.2) is 5.76 Å². The molecule has 2 aromatic heterocycles. The third kappa shape index (κ3) is 2.15. The van der Waals surface area contributed by atoms with Gasteiger partial charge in [-0.15, -0.1) is 0 Å². The van der Waals surface area contributed by atoms with Gasteiger partial charge in [0, 0.05) is 23.6 Å². The second-order valence-corrected chi connectivity index (χ2v) is 4.36. The number of pyridine rings is 1. The van der Waals surface area contributed by atoms with E-state index in [-0.39, 0.29) is 5.78 Å². The molecular weight excluding hydrogens is 238 g/mol. The summed E-state index contributed by atoms with van der Waals surface area (Å²) >= 11 is 0. The molecule has 0 aliphatic rings. The van der Waals surface area contributed by atoms with Crippen LogP contribution in [0.15, 0.2) is 53.1 Å². The number of nitrogens with zero attached hydrogens (tertiary/aromatic N) is 1. The first-order valence-corrected chi connectivity index (χ1v) is 6.26. The summed E-state index contributed by atoms with van der Waals surface area (Å²) in [5, 5.41) is 1.02. The molecule has 0 N–H and O–H groups in total. The minimum Gasteiger partial charge on any atom is -0.458 e. The third-order valence-electron chi connectivity index (χ3n) is 3.10. The molecule has 3 heteroatoms. The molecule has 0 aliphatic carbocycles. The van der Waals surface area contributed by atoms with Crippen LogP contribution in [-0.4, -0.2) is 10.8 Å². The van der Waals surface area contributed by atoms with Gasteiger partial charge in [-0.3, -0.25) is 9.78 Å². The summed E-state index contributed by atoms with van der Waals surface area (Å²) in [6.07, 6.45) is 2.51. The molecule has 3 rings (SSSR count). The van der Waals surface area contributed by atoms with E-state index in [9.17, 15) is 4.79 Å². The van der Waals surface area contributed by atoms with E-state index >= 15 is 0 Å². The number of carbonyl (C=O) groups is 1. The van der Waals surface area contributed by atoms with E-state index in [1.807, 2.05) is 31.2 Å². The summed E-state index contributed by atoms with van der Waals surface area (Å²) in [4.78, 5) is 16.6. The molecule has 2 heterocycles. The van der Waals surface area contributed by atoms with Gasteiger partial charge in [0.25, 0.3) is 0 Å². The average molecular weight is 251 g/mol. The zero-order valence-electron chi connectivity index (χ0n) is 10.6. The molecule has 0 fully saturated rings. The molecule has 3 aromatic rings. The second kappa shape index (κ2) is 4.69. The van der Waals surface area contributed by atoms with Gasteiger partial charge in [0.1, 0.15) is 5.76 Å². The van der Waals surface area contributed by atoms with Crippen LogP contribution in [0.25, 0.3) is 10.9 Å². The van der Waals surface area contributed by atoms with E-state index in [2.05, 4.69) is 4.98 Å². The molecule has 0 unspecified atom stereocenters. The first-order chi connectivity index (χ1) is 9.28. The Hall–Kier alpha value is -2.42. The number of rotatable bonds is 3. The van der Waals surface area contributed by atoms with Crippen molar-refractivity contribution < 1.29 is 9.21 Å². The van der Waals surface area contributed by atoms with Crippen LogP contribution in [0.3, 0.4) is 0 Å². The lowest BCUT2D eigenvalue weighted by molar-refractivity contribution is 0.101. The van der Waals surface area contributed by atoms with Crippen molar-refractivity contribution in [3.63, 3.8) is 0 Å². The monoisotopic (exact) mass is 251 g/mol. The third-order valence-corrected chi connectivity index (χ3v) is 3.10. The lowest BCUT2D eigenvalue weighted by Crippen LogP contribution is -1.99. The standard InChI is InChI=1S/C16H13NO2/c1-2-13-7-8-15(19-13)16(18)12-6-5-11-4-3-9-17-14(11)10-12/h3-10H,2H2,1H3. The van der Waals surface area contributed by atoms with Crippen molar-refractivity contribution in [2.45, 2.75) is 13.3 Å². The topological polar surface area (TPSA) is 43.1 Å². The van der Waals surface area contributed by atoms with Gasteiger partial charge in [-0.1, -0.05) is 25.1 Å². The van der Waals surface area contributed by atoms with Crippen LogP contribution in [0.5, 0.6) is 0 Å². The van der Waals surface area contributed by atoms with Crippen LogP contribution in [-0.2, 0) is 6.42 Å². The molecule has 1 aromatic carbocycles. The largest absolute Gasteiger partial charge is 0.458 e. The number of aryl methyl sites for hydroxylation is 1. The van der Waals surface area contributed by atoms with Gasteiger partial charge < -0.3 is 4.42 Å². The number of aromatic nitrogens is 1. The van der Waals surface area contributed by atoms with E-state index in [4.69, 9.17) is 4.42 Å². The minimum absolute atomic E-state index is 0.104. The Morgan fingerprint density at radius 1 is 1.21 bits per heavy atom. The van der Waals surface area contributed by atoms with Gasteiger partial charge in [-0.25, -0.2) is 0 Å². The summed E-state index contributed by atoms with van der Waals surface area (Å²) < 4.78 is 5.49. The highest BCUT2D eigenvalue weighted by molar-refractivity contribution is 6.08. The summed E-state index contributed by atoms with van der Waals surface area (Å²) in [5.74, 6) is 1.10. The van der Waals surface area contributed by atoms with Crippen molar-refractivity contribution in [3.8, 4) is 0 Å². The molecular formula is C16H13NO2. The molecule has 0 atom stereocenters. The van der Waals surface area contributed by atoms with Crippen molar-refractivity contribution in [2.75, 3.05) is 0 Å². The Bertz CT molecular complexity index is 743. The van der Waals surface area contributed by atoms with E-state index in [0.717, 1.165) is 23.1 Å². The molecule has 0 radical (unpaired) electrons. The number of ketones is 1. The Morgan fingerprint density at radius 3 is 2.89 bits per heavy atom. The first-order valence-electron chi connectivity index (χ1n) is 6.26. The maximum absolute atomic E-state index is 12.3. The summed E-state index contributed by atoms with van der Waals surface area (Å²) in [7, 11) is 0. The van der Waals surface area contributed by atoms with Crippen LogP contribution in [0, 0.1) is 0 Å². The smallest absolute Gasteiger partial charge is 0.228 e. The zero-order chi connectivity index (χ0) is 13.2. The fraction of sp³-hybridized carbons (Fsp3) is 0.125. The fourth-order valence-electron chi connectivity index (χ4n) is 2.04. The van der Waals surface area contributed by atoms with Gasteiger partial charge in [-0.2, -0.15) is 0 Å². The molecule has 0 amide bonds. The van der Waals surface area contributed by atoms with E-state index < -0.39 is 0 Å². The van der Waals surface area contributed by atoms with Crippen LogP contribution >= 0.6 is 0 Å². The Labute approximate surface area is 110 Å². The first kappa shape index (κ1) is 11.7. The maximum Gasteiger partial charge on any atom is 0.228 e. The molecule has 19 heavy (non-hydrogen) atoms. The van der Waals surface area contributed by atoms with E-state index in [0.29, 0.717) is 11.3 Å². The summed E-state index contributed by atoms with van der Waals surface area (Å²) in [6.45, 7) is 1.99. The zero-order valence-corrected chi connectivity index (χ0v) is 10.6. The minimum atomic E-state index is -0.104. The summed E-state index contributed by atoms with van der Waals surface area (Å²) in [5.41, 5.74) is 1.42. The lowest BCUT2D eigenvalue weighted by Gasteiger charge is -2.00. The molecule has 0 spiro atoms. The van der Waals surface area contributed by atoms with Gasteiger partial charge >= 0.3 is 0 Å². The van der Waals surface area contributed by atoms with E-state index in [1.54, 1.807) is 24.4 Å². The quantitative estimate of drug-likeness (QED) is 0.668. The predicted molar refractivity (Wildman–Crippen MR) is 73.3 cm³/mol. The van der Waals surface area contributed by atoms with Crippen LogP contribution in [0.4, 0.5) is 0 Å². The van der Waals surface area contributed by atoms with E-state index in [1.165, 1.54) is 0 Å². The Balaban J connectivity index is 2.01. The second-order valence-electron chi connectivity index (χ2n) is 4.36. The molecule has 0 saturated carbocycles. The molecule has 0 aliphatic heterocycles. The van der Waals surface area contributed by atoms with Crippen LogP contribution in [0.2, 0.25) is 0 Å². The number of hydrogen-bond donors (Lipinski definition) is 0. The Morgan fingerprint density at radius 2 is 2.11 bits per heavy atom. The average Bonchev–Trinajstić information content (AvgIpc) is 2.95. The fourth-order valence-corrected chi connectivity index (χ4v) is 2.04. The Kier molecular flexibility index (Phi) is 2.88. The number of carbonyl (C=O) groups excluding carboxylic acids is 1. The molecule has 3 nitrogen and oxygen atoms in total. The van der Waals surface area contributed by atoms with Crippen molar-refractivity contribution in [2.24, 2.45) is 0 Å². The van der Waals surface area contributed by atoms with Gasteiger partial charge in [-0.05, 0) is 24.3 Å². The van der Waals surface area contributed by atoms with Crippen LogP contribution < -0.4 is 0 Å². The predicted octanol–water partition coefficient (Wildman–Crippen LogP) is 3.62.